The third-order valence-corrected chi connectivity index (χ3v) is 2.99. The monoisotopic (exact) mass is 244 g/mol. The lowest BCUT2D eigenvalue weighted by Gasteiger charge is -2.44. The largest absolute Gasteiger partial charge is 0.465 e. The highest BCUT2D eigenvalue weighted by Gasteiger charge is 2.54. The van der Waals surface area contributed by atoms with E-state index in [9.17, 15) is 14.7 Å². The summed E-state index contributed by atoms with van der Waals surface area (Å²) in [6.45, 7) is 5.64. The summed E-state index contributed by atoms with van der Waals surface area (Å²) < 4.78 is 9.66. The van der Waals surface area contributed by atoms with E-state index in [4.69, 9.17) is 9.47 Å². The van der Waals surface area contributed by atoms with E-state index in [0.717, 1.165) is 0 Å². The van der Waals surface area contributed by atoms with Crippen LogP contribution in [0.1, 0.15) is 33.6 Å². The molecule has 0 heterocycles. The van der Waals surface area contributed by atoms with Crippen LogP contribution in [0.25, 0.3) is 0 Å². The molecule has 5 nitrogen and oxygen atoms in total. The van der Waals surface area contributed by atoms with Crippen LogP contribution in [-0.2, 0) is 19.1 Å². The van der Waals surface area contributed by atoms with Crippen molar-refractivity contribution in [2.45, 2.75) is 39.2 Å². The molecule has 0 aromatic heterocycles. The summed E-state index contributed by atoms with van der Waals surface area (Å²) in [6, 6.07) is 0. The number of carbonyl (C=O) groups excluding carboxylic acids is 2. The minimum absolute atomic E-state index is 0.181. The first-order chi connectivity index (χ1) is 7.94. The van der Waals surface area contributed by atoms with Gasteiger partial charge < -0.3 is 14.6 Å². The van der Waals surface area contributed by atoms with Crippen molar-refractivity contribution in [3.05, 3.63) is 0 Å². The average molecular weight is 244 g/mol. The molecule has 0 amide bonds. The molecule has 0 unspecified atom stereocenters. The lowest BCUT2D eigenvalue weighted by atomic mass is 9.65. The van der Waals surface area contributed by atoms with Crippen LogP contribution in [0.3, 0.4) is 0 Å². The molecule has 1 aliphatic carbocycles. The molecule has 0 aromatic carbocycles. The maximum Gasteiger partial charge on any atom is 0.323 e. The van der Waals surface area contributed by atoms with Gasteiger partial charge in [-0.25, -0.2) is 0 Å². The third kappa shape index (κ3) is 2.97. The predicted molar refractivity (Wildman–Crippen MR) is 60.1 cm³/mol. The van der Waals surface area contributed by atoms with Gasteiger partial charge in [0.05, 0.1) is 18.8 Å². The summed E-state index contributed by atoms with van der Waals surface area (Å²) in [7, 11) is 0. The smallest absolute Gasteiger partial charge is 0.323 e. The van der Waals surface area contributed by atoms with Crippen molar-refractivity contribution in [3.63, 3.8) is 0 Å². The van der Waals surface area contributed by atoms with E-state index < -0.39 is 23.5 Å². The molecule has 1 rings (SSSR count). The summed E-state index contributed by atoms with van der Waals surface area (Å²) >= 11 is 0. The van der Waals surface area contributed by atoms with Gasteiger partial charge in [0.2, 0.25) is 0 Å². The molecular weight excluding hydrogens is 224 g/mol. The molecule has 98 valence electrons. The molecular formula is C12H20O5. The van der Waals surface area contributed by atoms with E-state index in [1.807, 2.05) is 6.92 Å². The highest BCUT2D eigenvalue weighted by Crippen LogP contribution is 2.43. The molecule has 1 aliphatic rings. The maximum atomic E-state index is 11.7. The standard InChI is InChI=1S/C12H20O5/c1-4-16-10(13)9(11(14)17-5-2)12(15)6-8(3)7-12/h8-9,15H,4-7H2,1-3H3. The molecule has 0 bridgehead atoms. The lowest BCUT2D eigenvalue weighted by Crippen LogP contribution is -2.55. The SMILES string of the molecule is CCOC(=O)C(C(=O)OCC)C1(O)CC(C)C1. The van der Waals surface area contributed by atoms with E-state index in [1.165, 1.54) is 0 Å². The van der Waals surface area contributed by atoms with Crippen LogP contribution in [0.2, 0.25) is 0 Å². The highest BCUT2D eigenvalue weighted by molar-refractivity contribution is 5.96. The van der Waals surface area contributed by atoms with E-state index in [-0.39, 0.29) is 13.2 Å². The first-order valence-corrected chi connectivity index (χ1v) is 6.00. The summed E-state index contributed by atoms with van der Waals surface area (Å²) in [5.41, 5.74) is -1.29. The molecule has 5 heteroatoms. The molecule has 0 radical (unpaired) electrons. The second-order valence-electron chi connectivity index (χ2n) is 4.55. The highest BCUT2D eigenvalue weighted by atomic mass is 16.6. The van der Waals surface area contributed by atoms with Crippen molar-refractivity contribution in [2.75, 3.05) is 13.2 Å². The fourth-order valence-electron chi connectivity index (χ4n) is 2.37. The van der Waals surface area contributed by atoms with Gasteiger partial charge in [0.1, 0.15) is 0 Å². The van der Waals surface area contributed by atoms with E-state index in [2.05, 4.69) is 0 Å². The predicted octanol–water partition coefficient (Wildman–Crippen LogP) is 0.890. The topological polar surface area (TPSA) is 72.8 Å². The van der Waals surface area contributed by atoms with Crippen LogP contribution in [0.5, 0.6) is 0 Å². The Morgan fingerprint density at radius 2 is 1.65 bits per heavy atom. The summed E-state index contributed by atoms with van der Waals surface area (Å²) in [6.07, 6.45) is 0.852. The molecule has 0 aliphatic heterocycles. The van der Waals surface area contributed by atoms with Crippen LogP contribution >= 0.6 is 0 Å². The number of carbonyl (C=O) groups is 2. The maximum absolute atomic E-state index is 11.7. The first-order valence-electron chi connectivity index (χ1n) is 6.00. The summed E-state index contributed by atoms with van der Waals surface area (Å²) in [5, 5.41) is 10.2. The Bertz CT molecular complexity index is 275. The van der Waals surface area contributed by atoms with Crippen molar-refractivity contribution < 1.29 is 24.2 Å². The Morgan fingerprint density at radius 3 is 1.94 bits per heavy atom. The quantitative estimate of drug-likeness (QED) is 0.574. The molecule has 1 fully saturated rings. The van der Waals surface area contributed by atoms with Crippen molar-refractivity contribution in [3.8, 4) is 0 Å². The number of esters is 2. The molecule has 0 spiro atoms. The number of ether oxygens (including phenoxy) is 2. The number of hydrogen-bond donors (Lipinski definition) is 1. The molecule has 1 N–H and O–H groups in total. The van der Waals surface area contributed by atoms with Crippen LogP contribution in [-0.4, -0.2) is 35.9 Å². The molecule has 0 saturated heterocycles. The zero-order chi connectivity index (χ0) is 13.1. The molecule has 17 heavy (non-hydrogen) atoms. The molecule has 1 saturated carbocycles. The normalized spacial score (nSPS) is 27.5. The fourth-order valence-corrected chi connectivity index (χ4v) is 2.37. The van der Waals surface area contributed by atoms with E-state index in [1.54, 1.807) is 13.8 Å². The van der Waals surface area contributed by atoms with Gasteiger partial charge >= 0.3 is 11.9 Å². The summed E-state index contributed by atoms with van der Waals surface area (Å²) in [5.74, 6) is -2.29. The first kappa shape index (κ1) is 14.0. The Labute approximate surface area is 101 Å². The van der Waals surface area contributed by atoms with Crippen molar-refractivity contribution in [1.29, 1.82) is 0 Å². The Balaban J connectivity index is 2.79. The van der Waals surface area contributed by atoms with Crippen LogP contribution in [0.15, 0.2) is 0 Å². The van der Waals surface area contributed by atoms with Gasteiger partial charge in [-0.1, -0.05) is 6.92 Å². The van der Waals surface area contributed by atoms with Gasteiger partial charge in [0, 0.05) is 0 Å². The zero-order valence-electron chi connectivity index (χ0n) is 10.6. The Hall–Kier alpha value is -1.10. The lowest BCUT2D eigenvalue weighted by molar-refractivity contribution is -0.187. The van der Waals surface area contributed by atoms with Gasteiger partial charge in [0.25, 0.3) is 0 Å². The van der Waals surface area contributed by atoms with Gasteiger partial charge in [-0.2, -0.15) is 0 Å². The number of rotatable bonds is 5. The van der Waals surface area contributed by atoms with Gasteiger partial charge in [0.15, 0.2) is 5.92 Å². The molecule has 0 atom stereocenters. The minimum atomic E-state index is -1.29. The molecule has 0 aromatic rings. The Morgan fingerprint density at radius 1 is 1.24 bits per heavy atom. The Kier molecular flexibility index (Phi) is 4.51. The number of aliphatic hydroxyl groups is 1. The zero-order valence-corrected chi connectivity index (χ0v) is 10.6. The second kappa shape index (κ2) is 5.49. The van der Waals surface area contributed by atoms with Crippen molar-refractivity contribution in [1.82, 2.24) is 0 Å². The fraction of sp³-hybridized carbons (Fsp3) is 0.833. The van der Waals surface area contributed by atoms with E-state index >= 15 is 0 Å². The van der Waals surface area contributed by atoms with Gasteiger partial charge in [-0.05, 0) is 32.6 Å². The van der Waals surface area contributed by atoms with Crippen LogP contribution in [0.4, 0.5) is 0 Å². The second-order valence-corrected chi connectivity index (χ2v) is 4.55. The third-order valence-electron chi connectivity index (χ3n) is 2.99. The van der Waals surface area contributed by atoms with E-state index in [0.29, 0.717) is 18.8 Å². The van der Waals surface area contributed by atoms with Crippen LogP contribution in [0, 0.1) is 11.8 Å². The summed E-state index contributed by atoms with van der Waals surface area (Å²) in [4.78, 5) is 23.4. The average Bonchev–Trinajstić information content (AvgIpc) is 2.16. The van der Waals surface area contributed by atoms with Crippen molar-refractivity contribution in [2.24, 2.45) is 11.8 Å². The number of hydrogen-bond acceptors (Lipinski definition) is 5. The van der Waals surface area contributed by atoms with Crippen molar-refractivity contribution >= 4 is 11.9 Å². The minimum Gasteiger partial charge on any atom is -0.465 e. The van der Waals surface area contributed by atoms with Gasteiger partial charge in [-0.3, -0.25) is 9.59 Å². The van der Waals surface area contributed by atoms with Gasteiger partial charge in [-0.15, -0.1) is 0 Å². The van der Waals surface area contributed by atoms with Crippen LogP contribution < -0.4 is 0 Å².